The van der Waals surface area contributed by atoms with Crippen LogP contribution in [0.5, 0.6) is 0 Å². The summed E-state index contributed by atoms with van der Waals surface area (Å²) >= 11 is 0. The summed E-state index contributed by atoms with van der Waals surface area (Å²) < 4.78 is 40.8. The molecule has 2 heterocycles. The summed E-state index contributed by atoms with van der Waals surface area (Å²) in [4.78, 5) is 36.4. The quantitative estimate of drug-likeness (QED) is 0.594. The highest BCUT2D eigenvalue weighted by atomic mass is 32.2. The number of hydrogen-bond acceptors (Lipinski definition) is 8. The van der Waals surface area contributed by atoms with Crippen molar-refractivity contribution in [3.8, 4) is 0 Å². The van der Waals surface area contributed by atoms with Crippen LogP contribution in [0.3, 0.4) is 0 Å². The van der Waals surface area contributed by atoms with Gasteiger partial charge in [-0.15, -0.1) is 0 Å². The molecule has 1 aliphatic heterocycles. The molecule has 1 aromatic rings. The molecule has 0 aliphatic carbocycles. The number of piperidine rings is 1. The van der Waals surface area contributed by atoms with Crippen molar-refractivity contribution in [2.24, 2.45) is 0 Å². The van der Waals surface area contributed by atoms with Crippen molar-refractivity contribution in [1.29, 1.82) is 0 Å². The molecule has 11 heteroatoms. The summed E-state index contributed by atoms with van der Waals surface area (Å²) in [6.07, 6.45) is 2.49. The minimum atomic E-state index is -3.84. The van der Waals surface area contributed by atoms with Gasteiger partial charge in [0, 0.05) is 13.1 Å². The summed E-state index contributed by atoms with van der Waals surface area (Å²) in [5, 5.41) is -0.358. The van der Waals surface area contributed by atoms with Gasteiger partial charge in [0.05, 0.1) is 14.2 Å². The van der Waals surface area contributed by atoms with E-state index >= 15 is 0 Å². The molecule has 1 saturated heterocycles. The maximum absolute atomic E-state index is 12.6. The average molecular weight is 402 g/mol. The zero-order valence-electron chi connectivity index (χ0n) is 15.2. The normalized spacial score (nSPS) is 15.2. The van der Waals surface area contributed by atoms with Crippen molar-refractivity contribution in [3.63, 3.8) is 0 Å². The molecule has 27 heavy (non-hydrogen) atoms. The second-order valence-corrected chi connectivity index (χ2v) is 7.77. The number of rotatable bonds is 7. The number of furan rings is 1. The van der Waals surface area contributed by atoms with E-state index in [-0.39, 0.29) is 10.9 Å². The fourth-order valence-electron chi connectivity index (χ4n) is 2.60. The smallest absolute Gasteiger partial charge is 0.325 e. The lowest BCUT2D eigenvalue weighted by Gasteiger charge is -2.24. The SMILES string of the molecule is COC(=O)CN(CC(=O)OC)C(=O)c1ccc(S(=O)(=O)N2CCCCC2)o1. The van der Waals surface area contributed by atoms with Gasteiger partial charge in [-0.05, 0) is 25.0 Å². The van der Waals surface area contributed by atoms with Crippen LogP contribution in [-0.4, -0.2) is 75.9 Å². The standard InChI is InChI=1S/C16H22N2O8S/c1-24-13(19)10-17(11-14(20)25-2)16(21)12-6-7-15(26-12)27(22,23)18-8-4-3-5-9-18/h6-7H,3-5,8-11H2,1-2H3. The van der Waals surface area contributed by atoms with E-state index in [9.17, 15) is 22.8 Å². The van der Waals surface area contributed by atoms with E-state index in [4.69, 9.17) is 4.42 Å². The third-order valence-corrected chi connectivity index (χ3v) is 5.86. The Balaban J connectivity index is 2.21. The Morgan fingerprint density at radius 1 is 1.04 bits per heavy atom. The van der Waals surface area contributed by atoms with Crippen LogP contribution in [0, 0.1) is 0 Å². The van der Waals surface area contributed by atoms with E-state index in [1.165, 1.54) is 16.4 Å². The molecule has 0 saturated carbocycles. The van der Waals surface area contributed by atoms with E-state index in [0.29, 0.717) is 13.1 Å². The van der Waals surface area contributed by atoms with Crippen LogP contribution in [-0.2, 0) is 29.1 Å². The summed E-state index contributed by atoms with van der Waals surface area (Å²) in [5.74, 6) is -2.63. The first-order chi connectivity index (χ1) is 12.8. The first-order valence-electron chi connectivity index (χ1n) is 8.32. The maximum atomic E-state index is 12.6. The van der Waals surface area contributed by atoms with Crippen molar-refractivity contribution in [1.82, 2.24) is 9.21 Å². The number of carbonyl (C=O) groups is 3. The van der Waals surface area contributed by atoms with Gasteiger partial charge in [-0.3, -0.25) is 14.4 Å². The Kier molecular flexibility index (Phi) is 6.97. The van der Waals surface area contributed by atoms with Crippen LogP contribution in [0.2, 0.25) is 0 Å². The Labute approximate surface area is 157 Å². The van der Waals surface area contributed by atoms with Crippen molar-refractivity contribution in [2.45, 2.75) is 24.4 Å². The van der Waals surface area contributed by atoms with Gasteiger partial charge in [-0.1, -0.05) is 6.42 Å². The number of carbonyl (C=O) groups excluding carboxylic acids is 3. The first kappa shape index (κ1) is 20.9. The highest BCUT2D eigenvalue weighted by Crippen LogP contribution is 2.23. The monoisotopic (exact) mass is 402 g/mol. The first-order valence-corrected chi connectivity index (χ1v) is 9.76. The largest absolute Gasteiger partial charge is 0.468 e. The zero-order chi connectivity index (χ0) is 20.0. The minimum absolute atomic E-state index is 0.307. The van der Waals surface area contributed by atoms with Crippen LogP contribution >= 0.6 is 0 Å². The molecule has 0 N–H and O–H groups in total. The number of amides is 1. The number of nitrogens with zero attached hydrogens (tertiary/aromatic N) is 2. The molecule has 0 spiro atoms. The number of methoxy groups -OCH3 is 2. The third-order valence-electron chi connectivity index (χ3n) is 4.08. The van der Waals surface area contributed by atoms with Gasteiger partial charge >= 0.3 is 11.9 Å². The molecule has 0 aromatic carbocycles. The number of hydrogen-bond donors (Lipinski definition) is 0. The second kappa shape index (κ2) is 9.00. The second-order valence-electron chi connectivity index (χ2n) is 5.90. The average Bonchev–Trinajstić information content (AvgIpc) is 3.18. The van der Waals surface area contributed by atoms with Gasteiger partial charge in [-0.2, -0.15) is 4.31 Å². The van der Waals surface area contributed by atoms with Crippen LogP contribution in [0.4, 0.5) is 0 Å². The minimum Gasteiger partial charge on any atom is -0.468 e. The van der Waals surface area contributed by atoms with Crippen molar-refractivity contribution in [2.75, 3.05) is 40.4 Å². The fraction of sp³-hybridized carbons (Fsp3) is 0.562. The third kappa shape index (κ3) is 5.07. The number of sulfonamides is 1. The molecule has 1 fully saturated rings. The Hall–Kier alpha value is -2.40. The Morgan fingerprint density at radius 2 is 1.59 bits per heavy atom. The molecular formula is C16H22N2O8S. The van der Waals surface area contributed by atoms with Crippen LogP contribution in [0.15, 0.2) is 21.6 Å². The highest BCUT2D eigenvalue weighted by molar-refractivity contribution is 7.89. The molecule has 150 valence electrons. The van der Waals surface area contributed by atoms with Crippen molar-refractivity contribution in [3.05, 3.63) is 17.9 Å². The van der Waals surface area contributed by atoms with Crippen LogP contribution in [0.25, 0.3) is 0 Å². The van der Waals surface area contributed by atoms with Crippen molar-refractivity contribution < 1.29 is 36.7 Å². The van der Waals surface area contributed by atoms with Crippen LogP contribution < -0.4 is 0 Å². The van der Waals surface area contributed by atoms with Gasteiger partial charge < -0.3 is 18.8 Å². The van der Waals surface area contributed by atoms with Gasteiger partial charge in [0.25, 0.3) is 15.9 Å². The van der Waals surface area contributed by atoms with E-state index in [2.05, 4.69) is 9.47 Å². The van der Waals surface area contributed by atoms with E-state index < -0.39 is 41.0 Å². The molecule has 10 nitrogen and oxygen atoms in total. The molecule has 0 radical (unpaired) electrons. The molecule has 1 amide bonds. The molecule has 0 atom stereocenters. The number of esters is 2. The lowest BCUT2D eigenvalue weighted by atomic mass is 10.2. The molecule has 2 rings (SSSR count). The summed E-state index contributed by atoms with van der Waals surface area (Å²) in [6, 6.07) is 2.38. The lowest BCUT2D eigenvalue weighted by molar-refractivity contribution is -0.144. The lowest BCUT2D eigenvalue weighted by Crippen LogP contribution is -2.40. The van der Waals surface area contributed by atoms with E-state index in [1.54, 1.807) is 0 Å². The topological polar surface area (TPSA) is 123 Å². The Bertz CT molecular complexity index is 777. The highest BCUT2D eigenvalue weighted by Gasteiger charge is 2.31. The number of ether oxygens (including phenoxy) is 2. The molecule has 1 aromatic heterocycles. The summed E-state index contributed by atoms with van der Waals surface area (Å²) in [5.41, 5.74) is 0. The predicted octanol–water partition coefficient (Wildman–Crippen LogP) is 0.242. The zero-order valence-corrected chi connectivity index (χ0v) is 16.0. The van der Waals surface area contributed by atoms with Crippen LogP contribution in [0.1, 0.15) is 29.8 Å². The molecular weight excluding hydrogens is 380 g/mol. The van der Waals surface area contributed by atoms with Gasteiger partial charge in [-0.25, -0.2) is 8.42 Å². The Morgan fingerprint density at radius 3 is 2.11 bits per heavy atom. The summed E-state index contributed by atoms with van der Waals surface area (Å²) in [6.45, 7) is -0.245. The van der Waals surface area contributed by atoms with Gasteiger partial charge in [0.1, 0.15) is 13.1 Å². The summed E-state index contributed by atoms with van der Waals surface area (Å²) in [7, 11) is -1.57. The predicted molar refractivity (Wildman–Crippen MR) is 91.3 cm³/mol. The molecule has 0 unspecified atom stereocenters. The maximum Gasteiger partial charge on any atom is 0.325 e. The fourth-order valence-corrected chi connectivity index (χ4v) is 4.03. The molecule has 0 bridgehead atoms. The van der Waals surface area contributed by atoms with Gasteiger partial charge in [0.15, 0.2) is 5.76 Å². The van der Waals surface area contributed by atoms with Crippen molar-refractivity contribution >= 4 is 27.9 Å². The molecule has 1 aliphatic rings. The van der Waals surface area contributed by atoms with E-state index in [1.807, 2.05) is 0 Å². The van der Waals surface area contributed by atoms with E-state index in [0.717, 1.165) is 38.4 Å². The van der Waals surface area contributed by atoms with Gasteiger partial charge in [0.2, 0.25) is 5.09 Å².